The van der Waals surface area contributed by atoms with Crippen molar-refractivity contribution in [3.8, 4) is 22.4 Å². The Morgan fingerprint density at radius 2 is 1.81 bits per heavy atom. The summed E-state index contributed by atoms with van der Waals surface area (Å²) in [5, 5.41) is 8.63. The van der Waals surface area contributed by atoms with E-state index < -0.39 is 5.97 Å². The number of fused-ring (bicyclic) bond motifs is 1. The minimum Gasteiger partial charge on any atom is -0.464 e. The molecule has 0 N–H and O–H groups in total. The quantitative estimate of drug-likeness (QED) is 0.533. The maximum absolute atomic E-state index is 12.3. The number of hydrogen-bond donors (Lipinski definition) is 0. The number of aryl methyl sites for hydroxylation is 1. The van der Waals surface area contributed by atoms with Gasteiger partial charge in [0.2, 0.25) is 0 Å². The molecule has 0 atom stereocenters. The molecule has 0 saturated heterocycles. The van der Waals surface area contributed by atoms with Crippen molar-refractivity contribution < 1.29 is 9.53 Å². The van der Waals surface area contributed by atoms with Crippen molar-refractivity contribution in [3.63, 3.8) is 0 Å². The van der Waals surface area contributed by atoms with Crippen LogP contribution in [0.15, 0.2) is 48.8 Å². The Kier molecular flexibility index (Phi) is 3.76. The second-order valence-electron chi connectivity index (χ2n) is 5.95. The van der Waals surface area contributed by atoms with Crippen LogP contribution in [0.1, 0.15) is 16.2 Å². The first kappa shape index (κ1) is 16.0. The number of methoxy groups -OCH3 is 1. The SMILES string of the molecule is COC(=O)c1cc(-c2cnn(C)c2C)nc2c(-c3ccccc3)cnn12. The van der Waals surface area contributed by atoms with E-state index in [0.29, 0.717) is 17.0 Å². The van der Waals surface area contributed by atoms with E-state index in [1.807, 2.05) is 44.3 Å². The fourth-order valence-electron chi connectivity index (χ4n) is 2.92. The molecule has 0 saturated carbocycles. The van der Waals surface area contributed by atoms with Gasteiger partial charge in [0, 0.05) is 23.9 Å². The molecule has 0 fully saturated rings. The van der Waals surface area contributed by atoms with Gasteiger partial charge in [-0.3, -0.25) is 4.68 Å². The molecule has 4 aromatic rings. The van der Waals surface area contributed by atoms with Gasteiger partial charge < -0.3 is 4.74 Å². The van der Waals surface area contributed by atoms with Crippen molar-refractivity contribution in [2.75, 3.05) is 7.11 Å². The van der Waals surface area contributed by atoms with Crippen LogP contribution in [-0.2, 0) is 11.8 Å². The third kappa shape index (κ3) is 2.45. The van der Waals surface area contributed by atoms with Gasteiger partial charge in [-0.15, -0.1) is 0 Å². The molecule has 0 unspecified atom stereocenters. The van der Waals surface area contributed by atoms with Gasteiger partial charge in [0.05, 0.1) is 25.2 Å². The highest BCUT2D eigenvalue weighted by Gasteiger charge is 2.20. The summed E-state index contributed by atoms with van der Waals surface area (Å²) in [6.45, 7) is 1.96. The maximum atomic E-state index is 12.3. The molecule has 0 aliphatic rings. The highest BCUT2D eigenvalue weighted by molar-refractivity contribution is 5.91. The minimum absolute atomic E-state index is 0.318. The number of benzene rings is 1. The molecule has 7 nitrogen and oxygen atoms in total. The zero-order valence-corrected chi connectivity index (χ0v) is 14.7. The largest absolute Gasteiger partial charge is 0.464 e. The Bertz CT molecular complexity index is 1110. The van der Waals surface area contributed by atoms with Crippen molar-refractivity contribution in [1.82, 2.24) is 24.4 Å². The molecule has 3 heterocycles. The third-order valence-electron chi connectivity index (χ3n) is 4.46. The zero-order chi connectivity index (χ0) is 18.3. The summed E-state index contributed by atoms with van der Waals surface area (Å²) in [4.78, 5) is 17.1. The van der Waals surface area contributed by atoms with E-state index in [1.54, 1.807) is 23.1 Å². The molecule has 0 aliphatic heterocycles. The summed E-state index contributed by atoms with van der Waals surface area (Å²) in [5.74, 6) is -0.470. The standard InChI is InChI=1S/C19H17N5O2/c1-12-14(10-20-23(12)2)16-9-17(19(25)26-3)24-18(22-16)15(11-21-24)13-7-5-4-6-8-13/h4-11H,1-3H3. The molecule has 1 aromatic carbocycles. The molecule has 0 amide bonds. The van der Waals surface area contributed by atoms with Crippen LogP contribution in [0.25, 0.3) is 28.0 Å². The number of esters is 1. The molecule has 0 radical (unpaired) electrons. The van der Waals surface area contributed by atoms with Crippen molar-refractivity contribution in [2.24, 2.45) is 7.05 Å². The summed E-state index contributed by atoms with van der Waals surface area (Å²) < 4.78 is 8.23. The lowest BCUT2D eigenvalue weighted by Gasteiger charge is -2.08. The third-order valence-corrected chi connectivity index (χ3v) is 4.46. The molecule has 0 aliphatic carbocycles. The predicted molar refractivity (Wildman–Crippen MR) is 96.7 cm³/mol. The summed E-state index contributed by atoms with van der Waals surface area (Å²) in [6.07, 6.45) is 3.46. The second kappa shape index (κ2) is 6.11. The molecule has 4 rings (SSSR count). The lowest BCUT2D eigenvalue weighted by atomic mass is 10.1. The van der Waals surface area contributed by atoms with Gasteiger partial charge in [-0.05, 0) is 18.6 Å². The van der Waals surface area contributed by atoms with Gasteiger partial charge in [-0.1, -0.05) is 30.3 Å². The number of hydrogen-bond acceptors (Lipinski definition) is 5. The monoisotopic (exact) mass is 347 g/mol. The number of carbonyl (C=O) groups is 1. The first-order chi connectivity index (χ1) is 12.6. The van der Waals surface area contributed by atoms with Crippen LogP contribution in [0.3, 0.4) is 0 Å². The number of carbonyl (C=O) groups excluding carboxylic acids is 1. The first-order valence-electron chi connectivity index (χ1n) is 8.11. The van der Waals surface area contributed by atoms with Gasteiger partial charge in [0.15, 0.2) is 11.3 Å². The van der Waals surface area contributed by atoms with Crippen LogP contribution >= 0.6 is 0 Å². The van der Waals surface area contributed by atoms with Crippen LogP contribution in [0, 0.1) is 6.92 Å². The average Bonchev–Trinajstić information content (AvgIpc) is 3.25. The molecule has 130 valence electrons. The summed E-state index contributed by atoms with van der Waals surface area (Å²) in [5.41, 5.74) is 5.21. The number of nitrogens with zero attached hydrogens (tertiary/aromatic N) is 5. The molecule has 7 heteroatoms. The first-order valence-corrected chi connectivity index (χ1v) is 8.11. The molecule has 0 spiro atoms. The lowest BCUT2D eigenvalue weighted by Crippen LogP contribution is -2.10. The Morgan fingerprint density at radius 3 is 2.46 bits per heavy atom. The second-order valence-corrected chi connectivity index (χ2v) is 5.95. The molecular formula is C19H17N5O2. The van der Waals surface area contributed by atoms with E-state index >= 15 is 0 Å². The highest BCUT2D eigenvalue weighted by atomic mass is 16.5. The number of ether oxygens (including phenoxy) is 1. The van der Waals surface area contributed by atoms with Gasteiger partial charge in [-0.25, -0.2) is 14.3 Å². The Labute approximate surface area is 149 Å². The predicted octanol–water partition coefficient (Wildman–Crippen LogP) is 2.89. The maximum Gasteiger partial charge on any atom is 0.356 e. The molecule has 3 aromatic heterocycles. The van der Waals surface area contributed by atoms with Crippen molar-refractivity contribution in [1.29, 1.82) is 0 Å². The van der Waals surface area contributed by atoms with Crippen LogP contribution in [0.2, 0.25) is 0 Å². The topological polar surface area (TPSA) is 74.3 Å². The van der Waals surface area contributed by atoms with E-state index in [4.69, 9.17) is 9.72 Å². The van der Waals surface area contributed by atoms with Gasteiger partial charge in [0.25, 0.3) is 0 Å². The summed E-state index contributed by atoms with van der Waals surface area (Å²) >= 11 is 0. The highest BCUT2D eigenvalue weighted by Crippen LogP contribution is 2.28. The molecular weight excluding hydrogens is 330 g/mol. The van der Waals surface area contributed by atoms with E-state index in [0.717, 1.165) is 22.4 Å². The number of aromatic nitrogens is 5. The Morgan fingerprint density at radius 1 is 1.08 bits per heavy atom. The summed E-state index contributed by atoms with van der Waals surface area (Å²) in [7, 11) is 3.22. The van der Waals surface area contributed by atoms with Crippen LogP contribution in [0.5, 0.6) is 0 Å². The fourth-order valence-corrected chi connectivity index (χ4v) is 2.92. The van der Waals surface area contributed by atoms with Crippen molar-refractivity contribution in [2.45, 2.75) is 6.92 Å². The zero-order valence-electron chi connectivity index (χ0n) is 14.7. The van der Waals surface area contributed by atoms with E-state index in [-0.39, 0.29) is 0 Å². The minimum atomic E-state index is -0.470. The normalized spacial score (nSPS) is 11.0. The Balaban J connectivity index is 2.02. The molecule has 0 bridgehead atoms. The fraction of sp³-hybridized carbons (Fsp3) is 0.158. The van der Waals surface area contributed by atoms with Gasteiger partial charge in [0.1, 0.15) is 0 Å². The van der Waals surface area contributed by atoms with Gasteiger partial charge in [-0.2, -0.15) is 10.2 Å². The van der Waals surface area contributed by atoms with Crippen LogP contribution in [-0.4, -0.2) is 37.5 Å². The van der Waals surface area contributed by atoms with Crippen LogP contribution in [0.4, 0.5) is 0 Å². The van der Waals surface area contributed by atoms with E-state index in [2.05, 4.69) is 10.2 Å². The van der Waals surface area contributed by atoms with Gasteiger partial charge >= 0.3 is 5.97 Å². The average molecular weight is 347 g/mol. The van der Waals surface area contributed by atoms with E-state index in [9.17, 15) is 4.79 Å². The van der Waals surface area contributed by atoms with Crippen LogP contribution < -0.4 is 0 Å². The van der Waals surface area contributed by atoms with E-state index in [1.165, 1.54) is 11.6 Å². The summed E-state index contributed by atoms with van der Waals surface area (Å²) in [6, 6.07) is 11.5. The Hall–Kier alpha value is -3.48. The number of rotatable bonds is 3. The van der Waals surface area contributed by atoms with Crippen molar-refractivity contribution >= 4 is 11.6 Å². The molecule has 26 heavy (non-hydrogen) atoms. The van der Waals surface area contributed by atoms with Crippen molar-refractivity contribution in [3.05, 3.63) is 60.2 Å². The lowest BCUT2D eigenvalue weighted by molar-refractivity contribution is 0.0590. The smallest absolute Gasteiger partial charge is 0.356 e.